The Labute approximate surface area is 153 Å². The number of anilines is 2. The smallest absolute Gasteiger partial charge is 0.256 e. The summed E-state index contributed by atoms with van der Waals surface area (Å²) in [5.74, 6) is -0.659. The standard InChI is InChI=1S/C18H13Cl2N3O2/c19-12-2-1-3-15(17(12)20)23-16(24)9-14(18(23)25)22-11-5-4-10-6-7-21-13(10)8-11/h1-8,14,21-22H,9H2. The first kappa shape index (κ1) is 16.0. The third-order valence-corrected chi connectivity index (χ3v) is 5.02. The molecular weight excluding hydrogens is 361 g/mol. The molecule has 2 N–H and O–H groups in total. The minimum Gasteiger partial charge on any atom is -0.373 e. The van der Waals surface area contributed by atoms with E-state index in [2.05, 4.69) is 10.3 Å². The van der Waals surface area contributed by atoms with Gasteiger partial charge in [-0.05, 0) is 35.7 Å². The van der Waals surface area contributed by atoms with E-state index >= 15 is 0 Å². The number of carbonyl (C=O) groups excluding carboxylic acids is 2. The molecule has 1 aromatic heterocycles. The summed E-state index contributed by atoms with van der Waals surface area (Å²) in [6.07, 6.45) is 1.91. The highest BCUT2D eigenvalue weighted by molar-refractivity contribution is 6.45. The molecule has 2 aromatic carbocycles. The largest absolute Gasteiger partial charge is 0.373 e. The van der Waals surface area contributed by atoms with E-state index in [1.165, 1.54) is 0 Å². The fourth-order valence-electron chi connectivity index (χ4n) is 3.00. The van der Waals surface area contributed by atoms with Crippen LogP contribution in [0.5, 0.6) is 0 Å². The van der Waals surface area contributed by atoms with E-state index in [-0.39, 0.29) is 23.3 Å². The van der Waals surface area contributed by atoms with Crippen molar-refractivity contribution in [2.24, 2.45) is 0 Å². The van der Waals surface area contributed by atoms with Crippen molar-refractivity contribution in [3.05, 3.63) is 58.7 Å². The number of nitrogens with one attached hydrogen (secondary N) is 2. The maximum absolute atomic E-state index is 12.7. The molecule has 1 atom stereocenters. The lowest BCUT2D eigenvalue weighted by Gasteiger charge is -2.17. The zero-order valence-corrected chi connectivity index (χ0v) is 14.4. The fourth-order valence-corrected chi connectivity index (χ4v) is 3.38. The number of benzene rings is 2. The lowest BCUT2D eigenvalue weighted by molar-refractivity contribution is -0.121. The zero-order valence-electron chi connectivity index (χ0n) is 12.9. The number of aromatic nitrogens is 1. The highest BCUT2D eigenvalue weighted by atomic mass is 35.5. The molecule has 126 valence electrons. The Kier molecular flexibility index (Phi) is 3.90. The summed E-state index contributed by atoms with van der Waals surface area (Å²) in [5.41, 5.74) is 2.03. The van der Waals surface area contributed by atoms with Gasteiger partial charge in [0.25, 0.3) is 5.91 Å². The van der Waals surface area contributed by atoms with Crippen LogP contribution in [0.3, 0.4) is 0 Å². The predicted molar refractivity (Wildman–Crippen MR) is 99.3 cm³/mol. The van der Waals surface area contributed by atoms with Crippen LogP contribution in [-0.2, 0) is 9.59 Å². The Hall–Kier alpha value is -2.50. The second-order valence-corrected chi connectivity index (χ2v) is 6.61. The molecule has 25 heavy (non-hydrogen) atoms. The van der Waals surface area contributed by atoms with Gasteiger partial charge in [0.1, 0.15) is 6.04 Å². The van der Waals surface area contributed by atoms with Crippen LogP contribution in [0.2, 0.25) is 10.0 Å². The van der Waals surface area contributed by atoms with Crippen molar-refractivity contribution >= 4 is 57.3 Å². The van der Waals surface area contributed by atoms with Gasteiger partial charge in [-0.2, -0.15) is 0 Å². The van der Waals surface area contributed by atoms with Crippen molar-refractivity contribution in [2.75, 3.05) is 10.2 Å². The molecule has 0 aliphatic carbocycles. The number of fused-ring (bicyclic) bond motifs is 1. The zero-order chi connectivity index (χ0) is 17.6. The topological polar surface area (TPSA) is 65.2 Å². The van der Waals surface area contributed by atoms with Crippen molar-refractivity contribution in [3.8, 4) is 0 Å². The Balaban J connectivity index is 1.61. The number of rotatable bonds is 3. The summed E-state index contributed by atoms with van der Waals surface area (Å²) < 4.78 is 0. The Morgan fingerprint density at radius 2 is 1.96 bits per heavy atom. The van der Waals surface area contributed by atoms with Gasteiger partial charge in [-0.1, -0.05) is 35.3 Å². The molecule has 5 nitrogen and oxygen atoms in total. The SMILES string of the molecule is O=C1CC(Nc2ccc3cc[nH]c3c2)C(=O)N1c1cccc(Cl)c1Cl. The van der Waals surface area contributed by atoms with Gasteiger partial charge in [-0.25, -0.2) is 4.90 Å². The fraction of sp³-hybridized carbons (Fsp3) is 0.111. The van der Waals surface area contributed by atoms with Gasteiger partial charge in [-0.15, -0.1) is 0 Å². The van der Waals surface area contributed by atoms with Gasteiger partial charge in [-0.3, -0.25) is 9.59 Å². The molecule has 0 radical (unpaired) electrons. The van der Waals surface area contributed by atoms with Gasteiger partial charge in [0.15, 0.2) is 0 Å². The Bertz CT molecular complexity index is 999. The number of aromatic amines is 1. The summed E-state index contributed by atoms with van der Waals surface area (Å²) in [6, 6.07) is 11.9. The van der Waals surface area contributed by atoms with Crippen molar-refractivity contribution in [1.29, 1.82) is 0 Å². The monoisotopic (exact) mass is 373 g/mol. The Morgan fingerprint density at radius 3 is 2.80 bits per heavy atom. The number of halogens is 2. The van der Waals surface area contributed by atoms with E-state index < -0.39 is 6.04 Å². The van der Waals surface area contributed by atoms with Crippen molar-refractivity contribution in [2.45, 2.75) is 12.5 Å². The van der Waals surface area contributed by atoms with Crippen molar-refractivity contribution < 1.29 is 9.59 Å². The molecule has 2 heterocycles. The van der Waals surface area contributed by atoms with Crippen LogP contribution in [0.4, 0.5) is 11.4 Å². The average Bonchev–Trinajstić information content (AvgIpc) is 3.15. The maximum atomic E-state index is 12.7. The summed E-state index contributed by atoms with van der Waals surface area (Å²) in [6.45, 7) is 0. The van der Waals surface area contributed by atoms with Gasteiger partial charge < -0.3 is 10.3 Å². The van der Waals surface area contributed by atoms with E-state index in [0.717, 1.165) is 21.5 Å². The minimum atomic E-state index is -0.644. The molecular formula is C18H13Cl2N3O2. The van der Waals surface area contributed by atoms with Gasteiger partial charge in [0.2, 0.25) is 5.91 Å². The molecule has 1 aliphatic heterocycles. The molecule has 4 rings (SSSR count). The van der Waals surface area contributed by atoms with Crippen LogP contribution in [0, 0.1) is 0 Å². The minimum absolute atomic E-state index is 0.0600. The van der Waals surface area contributed by atoms with Crippen LogP contribution < -0.4 is 10.2 Å². The predicted octanol–water partition coefficient (Wildman–Crippen LogP) is 4.22. The van der Waals surface area contributed by atoms with E-state index in [4.69, 9.17) is 23.2 Å². The van der Waals surface area contributed by atoms with Gasteiger partial charge in [0, 0.05) is 17.4 Å². The second-order valence-electron chi connectivity index (χ2n) is 5.82. The highest BCUT2D eigenvalue weighted by Crippen LogP contribution is 2.35. The molecule has 3 aromatic rings. The maximum Gasteiger partial charge on any atom is 0.256 e. The van der Waals surface area contributed by atoms with Gasteiger partial charge >= 0.3 is 0 Å². The van der Waals surface area contributed by atoms with E-state index in [1.54, 1.807) is 18.2 Å². The summed E-state index contributed by atoms with van der Waals surface area (Å²) in [7, 11) is 0. The molecule has 0 saturated carbocycles. The molecule has 0 spiro atoms. The molecule has 7 heteroatoms. The number of hydrogen-bond acceptors (Lipinski definition) is 3. The third kappa shape index (κ3) is 2.75. The lowest BCUT2D eigenvalue weighted by atomic mass is 10.2. The van der Waals surface area contributed by atoms with Crippen LogP contribution in [-0.4, -0.2) is 22.8 Å². The molecule has 0 bridgehead atoms. The highest BCUT2D eigenvalue weighted by Gasteiger charge is 2.40. The van der Waals surface area contributed by atoms with Gasteiger partial charge in [0.05, 0.1) is 22.2 Å². The third-order valence-electron chi connectivity index (χ3n) is 4.21. The number of imide groups is 1. The molecule has 1 aliphatic rings. The lowest BCUT2D eigenvalue weighted by Crippen LogP contribution is -2.35. The summed E-state index contributed by atoms with van der Waals surface area (Å²) in [5, 5.41) is 4.70. The molecule has 2 amide bonds. The summed E-state index contributed by atoms with van der Waals surface area (Å²) >= 11 is 12.2. The first-order valence-electron chi connectivity index (χ1n) is 7.69. The van der Waals surface area contributed by atoms with E-state index in [1.807, 2.05) is 30.5 Å². The number of amides is 2. The quantitative estimate of drug-likeness (QED) is 0.675. The van der Waals surface area contributed by atoms with Crippen LogP contribution in [0.25, 0.3) is 10.9 Å². The second kappa shape index (κ2) is 6.10. The number of H-pyrrole nitrogens is 1. The number of carbonyl (C=O) groups is 2. The number of hydrogen-bond donors (Lipinski definition) is 2. The number of nitrogens with zero attached hydrogens (tertiary/aromatic N) is 1. The van der Waals surface area contributed by atoms with Crippen LogP contribution in [0.15, 0.2) is 48.7 Å². The average molecular weight is 374 g/mol. The summed E-state index contributed by atoms with van der Waals surface area (Å²) in [4.78, 5) is 29.3. The molecule has 1 saturated heterocycles. The van der Waals surface area contributed by atoms with E-state index in [0.29, 0.717) is 10.7 Å². The normalized spacial score (nSPS) is 17.5. The Morgan fingerprint density at radius 1 is 1.12 bits per heavy atom. The first-order chi connectivity index (χ1) is 12.0. The van der Waals surface area contributed by atoms with Crippen LogP contribution in [0.1, 0.15) is 6.42 Å². The van der Waals surface area contributed by atoms with Crippen molar-refractivity contribution in [1.82, 2.24) is 4.98 Å². The first-order valence-corrected chi connectivity index (χ1v) is 8.44. The van der Waals surface area contributed by atoms with E-state index in [9.17, 15) is 9.59 Å². The van der Waals surface area contributed by atoms with Crippen molar-refractivity contribution in [3.63, 3.8) is 0 Å². The molecule has 1 unspecified atom stereocenters. The molecule has 1 fully saturated rings. The van der Waals surface area contributed by atoms with Crippen LogP contribution >= 0.6 is 23.2 Å².